The topological polar surface area (TPSA) is 70.3 Å². The maximum Gasteiger partial charge on any atom is 0.289 e. The summed E-state index contributed by atoms with van der Waals surface area (Å²) in [6.45, 7) is 8.05. The Balaban J connectivity index is 1.44. The molecule has 1 aliphatic heterocycles. The van der Waals surface area contributed by atoms with E-state index >= 15 is 0 Å². The van der Waals surface area contributed by atoms with Gasteiger partial charge in [-0.25, -0.2) is 0 Å². The van der Waals surface area contributed by atoms with Crippen LogP contribution in [0.5, 0.6) is 5.75 Å². The first-order chi connectivity index (χ1) is 13.6. The molecule has 0 saturated carbocycles. The van der Waals surface area contributed by atoms with Crippen molar-refractivity contribution in [1.82, 2.24) is 15.1 Å². The Hall–Kier alpha value is -2.96. The summed E-state index contributed by atoms with van der Waals surface area (Å²) in [6, 6.07) is 9.57. The minimum Gasteiger partial charge on any atom is -0.491 e. The predicted molar refractivity (Wildman–Crippen MR) is 109 cm³/mol. The smallest absolute Gasteiger partial charge is 0.289 e. The molecule has 0 bridgehead atoms. The standard InChI is InChI=1S/C21H28N4O3/c1-16-6-4-7-17(2)19(16)28-15-9-23-21(22-3)25-12-10-24(11-13-25)20(26)18-8-5-14-27-18/h4-8,14H,9-13,15H2,1-3H3,(H,22,23). The van der Waals surface area contributed by atoms with Crippen LogP contribution in [0.4, 0.5) is 0 Å². The third-order valence-electron chi connectivity index (χ3n) is 4.85. The Kier molecular flexibility index (Phi) is 6.57. The van der Waals surface area contributed by atoms with E-state index < -0.39 is 0 Å². The van der Waals surface area contributed by atoms with Gasteiger partial charge in [0.05, 0.1) is 12.8 Å². The molecule has 1 N–H and O–H groups in total. The Morgan fingerprint density at radius 3 is 2.39 bits per heavy atom. The van der Waals surface area contributed by atoms with Crippen molar-refractivity contribution in [1.29, 1.82) is 0 Å². The van der Waals surface area contributed by atoms with E-state index in [-0.39, 0.29) is 5.91 Å². The van der Waals surface area contributed by atoms with Crippen LogP contribution in [-0.2, 0) is 0 Å². The van der Waals surface area contributed by atoms with Gasteiger partial charge in [-0.1, -0.05) is 18.2 Å². The van der Waals surface area contributed by atoms with Gasteiger partial charge in [-0.2, -0.15) is 0 Å². The summed E-state index contributed by atoms with van der Waals surface area (Å²) in [7, 11) is 1.77. The summed E-state index contributed by atoms with van der Waals surface area (Å²) in [4.78, 5) is 20.7. The van der Waals surface area contributed by atoms with Crippen molar-refractivity contribution in [3.8, 4) is 5.75 Å². The van der Waals surface area contributed by atoms with E-state index in [2.05, 4.69) is 41.2 Å². The molecule has 1 aliphatic rings. The van der Waals surface area contributed by atoms with Gasteiger partial charge in [-0.05, 0) is 37.1 Å². The van der Waals surface area contributed by atoms with E-state index in [0.29, 0.717) is 32.0 Å². The number of carbonyl (C=O) groups is 1. The Bertz CT molecular complexity index is 789. The zero-order valence-electron chi connectivity index (χ0n) is 16.8. The van der Waals surface area contributed by atoms with Gasteiger partial charge in [0.2, 0.25) is 0 Å². The maximum absolute atomic E-state index is 12.4. The number of para-hydroxylation sites is 1. The molecule has 2 aromatic rings. The van der Waals surface area contributed by atoms with Crippen LogP contribution in [0.25, 0.3) is 0 Å². The Morgan fingerprint density at radius 2 is 1.79 bits per heavy atom. The number of amides is 1. The first-order valence-electron chi connectivity index (χ1n) is 9.57. The molecular weight excluding hydrogens is 356 g/mol. The summed E-state index contributed by atoms with van der Waals surface area (Å²) in [5.41, 5.74) is 2.28. The van der Waals surface area contributed by atoms with Crippen LogP contribution < -0.4 is 10.1 Å². The van der Waals surface area contributed by atoms with E-state index in [9.17, 15) is 4.79 Å². The van der Waals surface area contributed by atoms with Crippen molar-refractivity contribution in [2.45, 2.75) is 13.8 Å². The SMILES string of the molecule is CN=C(NCCOc1c(C)cccc1C)N1CCN(C(=O)c2ccco2)CC1. The second-order valence-electron chi connectivity index (χ2n) is 6.80. The summed E-state index contributed by atoms with van der Waals surface area (Å²) in [6.07, 6.45) is 1.52. The molecule has 3 rings (SSSR count). The lowest BCUT2D eigenvalue weighted by Crippen LogP contribution is -2.54. The third kappa shape index (κ3) is 4.65. The van der Waals surface area contributed by atoms with E-state index in [0.717, 1.165) is 35.9 Å². The molecule has 0 spiro atoms. The molecule has 0 aliphatic carbocycles. The molecule has 1 saturated heterocycles. The van der Waals surface area contributed by atoms with Crippen LogP contribution in [0.3, 0.4) is 0 Å². The lowest BCUT2D eigenvalue weighted by atomic mass is 10.1. The van der Waals surface area contributed by atoms with Crippen LogP contribution >= 0.6 is 0 Å². The highest BCUT2D eigenvalue weighted by Crippen LogP contribution is 2.21. The van der Waals surface area contributed by atoms with Gasteiger partial charge in [0.1, 0.15) is 12.4 Å². The van der Waals surface area contributed by atoms with E-state index in [4.69, 9.17) is 9.15 Å². The third-order valence-corrected chi connectivity index (χ3v) is 4.85. The molecule has 2 heterocycles. The molecule has 7 nitrogen and oxygen atoms in total. The monoisotopic (exact) mass is 384 g/mol. The first-order valence-corrected chi connectivity index (χ1v) is 9.57. The number of hydrogen-bond donors (Lipinski definition) is 1. The normalized spacial score (nSPS) is 14.9. The number of furan rings is 1. The van der Waals surface area contributed by atoms with Crippen molar-refractivity contribution in [3.63, 3.8) is 0 Å². The van der Waals surface area contributed by atoms with Gasteiger partial charge in [-0.3, -0.25) is 9.79 Å². The van der Waals surface area contributed by atoms with Crippen LogP contribution in [0.2, 0.25) is 0 Å². The van der Waals surface area contributed by atoms with Crippen LogP contribution in [0.15, 0.2) is 46.0 Å². The molecular formula is C21H28N4O3. The minimum atomic E-state index is -0.0606. The fraction of sp³-hybridized carbons (Fsp3) is 0.429. The Morgan fingerprint density at radius 1 is 1.11 bits per heavy atom. The van der Waals surface area contributed by atoms with Crippen LogP contribution in [0, 0.1) is 13.8 Å². The molecule has 0 atom stereocenters. The lowest BCUT2D eigenvalue weighted by Gasteiger charge is -2.36. The number of benzene rings is 1. The second-order valence-corrected chi connectivity index (χ2v) is 6.80. The predicted octanol–water partition coefficient (Wildman–Crippen LogP) is 2.31. The molecule has 0 radical (unpaired) electrons. The molecule has 28 heavy (non-hydrogen) atoms. The number of aryl methyl sites for hydroxylation is 2. The van der Waals surface area contributed by atoms with Crippen LogP contribution in [-0.4, -0.2) is 68.0 Å². The average Bonchev–Trinajstić information content (AvgIpc) is 3.24. The first kappa shape index (κ1) is 19.8. The van der Waals surface area contributed by atoms with E-state index in [1.165, 1.54) is 6.26 Å². The molecule has 1 fully saturated rings. The summed E-state index contributed by atoms with van der Waals surface area (Å²) >= 11 is 0. The van der Waals surface area contributed by atoms with Crippen molar-refractivity contribution >= 4 is 11.9 Å². The van der Waals surface area contributed by atoms with E-state index in [1.54, 1.807) is 19.2 Å². The van der Waals surface area contributed by atoms with Crippen molar-refractivity contribution < 1.29 is 13.9 Å². The number of piperazine rings is 1. The molecule has 1 amide bonds. The van der Waals surface area contributed by atoms with Crippen molar-refractivity contribution in [2.75, 3.05) is 46.4 Å². The van der Waals surface area contributed by atoms with Crippen molar-refractivity contribution in [2.24, 2.45) is 4.99 Å². The summed E-state index contributed by atoms with van der Waals surface area (Å²) in [5, 5.41) is 3.35. The zero-order chi connectivity index (χ0) is 19.9. The lowest BCUT2D eigenvalue weighted by molar-refractivity contribution is 0.0657. The van der Waals surface area contributed by atoms with Gasteiger partial charge in [0.15, 0.2) is 11.7 Å². The summed E-state index contributed by atoms with van der Waals surface area (Å²) in [5.74, 6) is 2.11. The van der Waals surface area contributed by atoms with Crippen LogP contribution in [0.1, 0.15) is 21.7 Å². The molecule has 150 valence electrons. The van der Waals surface area contributed by atoms with Gasteiger partial charge < -0.3 is 24.3 Å². The number of aliphatic imine (C=N–C) groups is 1. The van der Waals surface area contributed by atoms with Gasteiger partial charge >= 0.3 is 0 Å². The highest BCUT2D eigenvalue weighted by atomic mass is 16.5. The highest BCUT2D eigenvalue weighted by molar-refractivity contribution is 5.91. The molecule has 1 aromatic heterocycles. The number of nitrogens with zero attached hydrogens (tertiary/aromatic N) is 3. The Labute approximate surface area is 166 Å². The number of guanidine groups is 1. The number of carbonyl (C=O) groups excluding carboxylic acids is 1. The number of ether oxygens (including phenoxy) is 1. The molecule has 0 unspecified atom stereocenters. The number of hydrogen-bond acceptors (Lipinski definition) is 4. The number of rotatable bonds is 5. The maximum atomic E-state index is 12.4. The fourth-order valence-electron chi connectivity index (χ4n) is 3.35. The minimum absolute atomic E-state index is 0.0606. The van der Waals surface area contributed by atoms with Gasteiger partial charge in [0.25, 0.3) is 5.91 Å². The average molecular weight is 384 g/mol. The van der Waals surface area contributed by atoms with Gasteiger partial charge in [-0.15, -0.1) is 0 Å². The second kappa shape index (κ2) is 9.30. The zero-order valence-corrected chi connectivity index (χ0v) is 16.8. The fourth-order valence-corrected chi connectivity index (χ4v) is 3.35. The highest BCUT2D eigenvalue weighted by Gasteiger charge is 2.25. The summed E-state index contributed by atoms with van der Waals surface area (Å²) < 4.78 is 11.1. The van der Waals surface area contributed by atoms with Crippen molar-refractivity contribution in [3.05, 3.63) is 53.5 Å². The molecule has 1 aromatic carbocycles. The van der Waals surface area contributed by atoms with Gasteiger partial charge in [0, 0.05) is 33.2 Å². The van der Waals surface area contributed by atoms with E-state index in [1.807, 2.05) is 11.0 Å². The quantitative estimate of drug-likeness (QED) is 0.487. The molecule has 7 heteroatoms. The largest absolute Gasteiger partial charge is 0.491 e. The number of nitrogens with one attached hydrogen (secondary N) is 1.